The standard InChI is InChI=1S/C17H22N2O2/c1-12(2)21-14-7-5-6-13(10-14)17(20)15(11-18)16-8-3-4-9-19-16/h3-10,12,15,17,20H,11,18H2,1-2H3. The summed E-state index contributed by atoms with van der Waals surface area (Å²) in [6.07, 6.45) is 1.10. The van der Waals surface area contributed by atoms with Crippen LogP contribution in [0, 0.1) is 0 Å². The van der Waals surface area contributed by atoms with Gasteiger partial charge >= 0.3 is 0 Å². The van der Waals surface area contributed by atoms with Crippen molar-refractivity contribution in [3.63, 3.8) is 0 Å². The smallest absolute Gasteiger partial charge is 0.120 e. The van der Waals surface area contributed by atoms with Crippen LogP contribution in [0.3, 0.4) is 0 Å². The van der Waals surface area contributed by atoms with Gasteiger partial charge in [-0.05, 0) is 43.7 Å². The summed E-state index contributed by atoms with van der Waals surface area (Å²) in [5.41, 5.74) is 7.41. The van der Waals surface area contributed by atoms with Gasteiger partial charge in [0.15, 0.2) is 0 Å². The molecule has 4 heteroatoms. The molecule has 0 fully saturated rings. The fourth-order valence-electron chi connectivity index (χ4n) is 2.28. The van der Waals surface area contributed by atoms with E-state index in [4.69, 9.17) is 10.5 Å². The van der Waals surface area contributed by atoms with Gasteiger partial charge in [-0.25, -0.2) is 0 Å². The van der Waals surface area contributed by atoms with E-state index in [1.165, 1.54) is 0 Å². The SMILES string of the molecule is CC(C)Oc1cccc(C(O)C(CN)c2ccccn2)c1. The molecule has 0 aliphatic carbocycles. The molecule has 2 rings (SSSR count). The van der Waals surface area contributed by atoms with Crippen molar-refractivity contribution < 1.29 is 9.84 Å². The van der Waals surface area contributed by atoms with Crippen LogP contribution in [0.4, 0.5) is 0 Å². The van der Waals surface area contributed by atoms with Crippen molar-refractivity contribution in [1.29, 1.82) is 0 Å². The highest BCUT2D eigenvalue weighted by Crippen LogP contribution is 2.30. The zero-order valence-electron chi connectivity index (χ0n) is 12.4. The van der Waals surface area contributed by atoms with E-state index in [0.29, 0.717) is 6.54 Å². The number of ether oxygens (including phenoxy) is 1. The predicted molar refractivity (Wildman–Crippen MR) is 83.2 cm³/mol. The molecule has 3 N–H and O–H groups in total. The summed E-state index contributed by atoms with van der Waals surface area (Å²) in [5, 5.41) is 10.6. The molecule has 1 aromatic heterocycles. The molecule has 0 spiro atoms. The molecular weight excluding hydrogens is 264 g/mol. The molecule has 2 unspecified atom stereocenters. The summed E-state index contributed by atoms with van der Waals surface area (Å²) >= 11 is 0. The summed E-state index contributed by atoms with van der Waals surface area (Å²) in [7, 11) is 0. The Kier molecular flexibility index (Phi) is 5.31. The van der Waals surface area contributed by atoms with Gasteiger partial charge < -0.3 is 15.6 Å². The molecule has 0 saturated carbocycles. The van der Waals surface area contributed by atoms with Gasteiger partial charge in [-0.15, -0.1) is 0 Å². The topological polar surface area (TPSA) is 68.4 Å². The molecule has 0 saturated heterocycles. The van der Waals surface area contributed by atoms with Gasteiger partial charge in [0.1, 0.15) is 5.75 Å². The highest BCUT2D eigenvalue weighted by Gasteiger charge is 2.22. The lowest BCUT2D eigenvalue weighted by Gasteiger charge is -2.22. The van der Waals surface area contributed by atoms with Gasteiger partial charge in [-0.3, -0.25) is 4.98 Å². The highest BCUT2D eigenvalue weighted by molar-refractivity contribution is 5.32. The van der Waals surface area contributed by atoms with Crippen LogP contribution in [0.5, 0.6) is 5.75 Å². The summed E-state index contributed by atoms with van der Waals surface area (Å²) in [6.45, 7) is 4.27. The average Bonchev–Trinajstić information content (AvgIpc) is 2.48. The van der Waals surface area contributed by atoms with Crippen molar-refractivity contribution in [3.05, 3.63) is 59.9 Å². The summed E-state index contributed by atoms with van der Waals surface area (Å²) in [4.78, 5) is 4.30. The number of aliphatic hydroxyl groups is 1. The van der Waals surface area contributed by atoms with Crippen LogP contribution >= 0.6 is 0 Å². The minimum Gasteiger partial charge on any atom is -0.491 e. The molecule has 21 heavy (non-hydrogen) atoms. The van der Waals surface area contributed by atoms with Gasteiger partial charge in [-0.2, -0.15) is 0 Å². The number of hydrogen-bond acceptors (Lipinski definition) is 4. The highest BCUT2D eigenvalue weighted by atomic mass is 16.5. The average molecular weight is 286 g/mol. The third kappa shape index (κ3) is 4.03. The van der Waals surface area contributed by atoms with Crippen LogP contribution < -0.4 is 10.5 Å². The number of nitrogens with two attached hydrogens (primary N) is 1. The number of aliphatic hydroxyl groups excluding tert-OH is 1. The fourth-order valence-corrected chi connectivity index (χ4v) is 2.28. The number of benzene rings is 1. The van der Waals surface area contributed by atoms with Crippen molar-refractivity contribution in [2.75, 3.05) is 6.54 Å². The molecular formula is C17H22N2O2. The van der Waals surface area contributed by atoms with Crippen LogP contribution in [0.15, 0.2) is 48.7 Å². The number of hydrogen-bond donors (Lipinski definition) is 2. The Morgan fingerprint density at radius 1 is 1.19 bits per heavy atom. The van der Waals surface area contributed by atoms with Crippen molar-refractivity contribution in [2.24, 2.45) is 5.73 Å². The first-order valence-electron chi connectivity index (χ1n) is 7.17. The third-order valence-corrected chi connectivity index (χ3v) is 3.27. The Balaban J connectivity index is 2.23. The van der Waals surface area contributed by atoms with Gasteiger partial charge in [0.05, 0.1) is 12.2 Å². The van der Waals surface area contributed by atoms with Gasteiger partial charge in [0, 0.05) is 24.4 Å². The number of pyridine rings is 1. The van der Waals surface area contributed by atoms with Gasteiger partial charge in [0.2, 0.25) is 0 Å². The van der Waals surface area contributed by atoms with Crippen LogP contribution in [0.1, 0.15) is 37.1 Å². The summed E-state index contributed by atoms with van der Waals surface area (Å²) in [5.74, 6) is 0.513. The monoisotopic (exact) mass is 286 g/mol. The van der Waals surface area contributed by atoms with Gasteiger partial charge in [0.25, 0.3) is 0 Å². The van der Waals surface area contributed by atoms with Crippen LogP contribution in [0.2, 0.25) is 0 Å². The molecule has 0 radical (unpaired) electrons. The van der Waals surface area contributed by atoms with Crippen LogP contribution in [-0.4, -0.2) is 22.7 Å². The second kappa shape index (κ2) is 7.20. The minimum absolute atomic E-state index is 0.0958. The minimum atomic E-state index is -0.708. The summed E-state index contributed by atoms with van der Waals surface area (Å²) in [6, 6.07) is 13.1. The van der Waals surface area contributed by atoms with E-state index in [-0.39, 0.29) is 12.0 Å². The first-order valence-corrected chi connectivity index (χ1v) is 7.17. The van der Waals surface area contributed by atoms with Crippen LogP contribution in [0.25, 0.3) is 0 Å². The zero-order chi connectivity index (χ0) is 15.2. The second-order valence-electron chi connectivity index (χ2n) is 5.28. The summed E-state index contributed by atoms with van der Waals surface area (Å²) < 4.78 is 5.67. The second-order valence-corrected chi connectivity index (χ2v) is 5.28. The Morgan fingerprint density at radius 3 is 2.62 bits per heavy atom. The zero-order valence-corrected chi connectivity index (χ0v) is 12.4. The first-order chi connectivity index (χ1) is 10.1. The normalized spacial score (nSPS) is 14.0. The van der Waals surface area contributed by atoms with E-state index in [2.05, 4.69) is 4.98 Å². The molecule has 0 aliphatic rings. The lowest BCUT2D eigenvalue weighted by atomic mass is 9.92. The third-order valence-electron chi connectivity index (χ3n) is 3.27. The first kappa shape index (κ1) is 15.5. The van der Waals surface area contributed by atoms with Crippen molar-refractivity contribution >= 4 is 0 Å². The lowest BCUT2D eigenvalue weighted by Crippen LogP contribution is -2.21. The molecule has 2 atom stereocenters. The Labute approximate surface area is 125 Å². The van der Waals surface area contributed by atoms with E-state index in [0.717, 1.165) is 17.0 Å². The Bertz CT molecular complexity index is 558. The quantitative estimate of drug-likeness (QED) is 0.856. The maximum Gasteiger partial charge on any atom is 0.120 e. The number of aromatic nitrogens is 1. The van der Waals surface area contributed by atoms with E-state index >= 15 is 0 Å². The molecule has 1 aromatic carbocycles. The predicted octanol–water partition coefficient (Wildman–Crippen LogP) is 2.64. The van der Waals surface area contributed by atoms with Crippen molar-refractivity contribution in [2.45, 2.75) is 32.0 Å². The van der Waals surface area contributed by atoms with Crippen molar-refractivity contribution in [3.8, 4) is 5.75 Å². The number of nitrogens with zero attached hydrogens (tertiary/aromatic N) is 1. The largest absolute Gasteiger partial charge is 0.491 e. The van der Waals surface area contributed by atoms with E-state index in [9.17, 15) is 5.11 Å². The molecule has 2 aromatic rings. The Hall–Kier alpha value is -1.91. The maximum absolute atomic E-state index is 10.6. The lowest BCUT2D eigenvalue weighted by molar-refractivity contribution is 0.145. The maximum atomic E-state index is 10.6. The van der Waals surface area contributed by atoms with E-state index < -0.39 is 6.10 Å². The van der Waals surface area contributed by atoms with Crippen LogP contribution in [-0.2, 0) is 0 Å². The fraction of sp³-hybridized carbons (Fsp3) is 0.353. The molecule has 0 amide bonds. The van der Waals surface area contributed by atoms with E-state index in [1.54, 1.807) is 6.20 Å². The van der Waals surface area contributed by atoms with E-state index in [1.807, 2.05) is 56.3 Å². The molecule has 1 heterocycles. The number of rotatable bonds is 6. The molecule has 4 nitrogen and oxygen atoms in total. The Morgan fingerprint density at radius 2 is 2.00 bits per heavy atom. The van der Waals surface area contributed by atoms with Gasteiger partial charge in [-0.1, -0.05) is 18.2 Å². The molecule has 112 valence electrons. The molecule has 0 aliphatic heterocycles. The van der Waals surface area contributed by atoms with Crippen molar-refractivity contribution in [1.82, 2.24) is 4.98 Å². The molecule has 0 bridgehead atoms.